The second kappa shape index (κ2) is 7.93. The van der Waals surface area contributed by atoms with Crippen molar-refractivity contribution >= 4 is 23.2 Å². The van der Waals surface area contributed by atoms with Crippen LogP contribution < -0.4 is 10.1 Å². The summed E-state index contributed by atoms with van der Waals surface area (Å²) in [7, 11) is 0. The molecule has 1 heterocycles. The number of hydrogen-bond acceptors (Lipinski definition) is 3. The van der Waals surface area contributed by atoms with Crippen LogP contribution in [0.1, 0.15) is 23.0 Å². The molecule has 0 atom stereocenters. The van der Waals surface area contributed by atoms with Gasteiger partial charge in [-0.25, -0.2) is 0 Å². The molecule has 0 fully saturated rings. The summed E-state index contributed by atoms with van der Waals surface area (Å²) < 4.78 is 44.8. The van der Waals surface area contributed by atoms with Gasteiger partial charge in [0.2, 0.25) is 0 Å². The first kappa shape index (κ1) is 19.8. The van der Waals surface area contributed by atoms with E-state index in [9.17, 15) is 18.0 Å². The zero-order valence-electron chi connectivity index (χ0n) is 14.6. The molecule has 0 aliphatic rings. The van der Waals surface area contributed by atoms with Crippen LogP contribution in [0.15, 0.2) is 48.5 Å². The Balaban J connectivity index is 1.80. The number of benzene rings is 2. The molecular formula is C19H15ClF3N3O2. The minimum atomic E-state index is -4.66. The van der Waals surface area contributed by atoms with Gasteiger partial charge in [0.05, 0.1) is 23.6 Å². The molecule has 0 spiro atoms. The molecule has 0 unspecified atom stereocenters. The molecule has 9 heteroatoms. The van der Waals surface area contributed by atoms with E-state index < -0.39 is 17.6 Å². The van der Waals surface area contributed by atoms with E-state index in [-0.39, 0.29) is 16.4 Å². The first-order valence-corrected chi connectivity index (χ1v) is 8.62. The molecule has 0 saturated carbocycles. The quantitative estimate of drug-likeness (QED) is 0.593. The van der Waals surface area contributed by atoms with Crippen LogP contribution in [0, 0.1) is 0 Å². The van der Waals surface area contributed by atoms with Crippen molar-refractivity contribution in [3.8, 4) is 17.0 Å². The second-order valence-electron chi connectivity index (χ2n) is 5.77. The molecule has 2 aromatic carbocycles. The van der Waals surface area contributed by atoms with Crippen molar-refractivity contribution in [2.75, 3.05) is 11.9 Å². The predicted octanol–water partition coefficient (Wildman–Crippen LogP) is 5.40. The lowest BCUT2D eigenvalue weighted by molar-refractivity contribution is -0.136. The van der Waals surface area contributed by atoms with Gasteiger partial charge in [-0.2, -0.15) is 18.3 Å². The molecule has 0 aliphatic heterocycles. The third-order valence-electron chi connectivity index (χ3n) is 3.82. The Bertz CT molecular complexity index is 985. The zero-order chi connectivity index (χ0) is 20.3. The summed E-state index contributed by atoms with van der Waals surface area (Å²) >= 11 is 5.64. The summed E-state index contributed by atoms with van der Waals surface area (Å²) in [5.41, 5.74) is -0.202. The molecule has 28 heavy (non-hydrogen) atoms. The van der Waals surface area contributed by atoms with Gasteiger partial charge in [-0.3, -0.25) is 9.89 Å². The third kappa shape index (κ3) is 4.45. The summed E-state index contributed by atoms with van der Waals surface area (Å²) in [6.07, 6.45) is -4.66. The van der Waals surface area contributed by atoms with Crippen molar-refractivity contribution in [2.45, 2.75) is 13.1 Å². The van der Waals surface area contributed by atoms with Crippen molar-refractivity contribution in [1.82, 2.24) is 10.2 Å². The van der Waals surface area contributed by atoms with Crippen molar-refractivity contribution in [3.05, 3.63) is 64.8 Å². The Morgan fingerprint density at radius 3 is 2.54 bits per heavy atom. The fourth-order valence-electron chi connectivity index (χ4n) is 2.52. The van der Waals surface area contributed by atoms with Crippen LogP contribution in [0.3, 0.4) is 0 Å². The molecule has 3 rings (SSSR count). The molecule has 1 aromatic heterocycles. The van der Waals surface area contributed by atoms with Crippen LogP contribution in [0.4, 0.5) is 18.9 Å². The number of H-pyrrole nitrogens is 1. The minimum absolute atomic E-state index is 0.0203. The number of hydrogen-bond donors (Lipinski definition) is 2. The SMILES string of the molecule is CCOc1ccc(-c2cc(C(=O)Nc3ccc(Cl)cc3C(F)(F)F)[nH]n2)cc1. The van der Waals surface area contributed by atoms with E-state index in [2.05, 4.69) is 15.5 Å². The topological polar surface area (TPSA) is 67.0 Å². The van der Waals surface area contributed by atoms with Crippen LogP contribution in [0.5, 0.6) is 5.75 Å². The number of nitrogens with one attached hydrogen (secondary N) is 2. The standard InChI is InChI=1S/C19H15ClF3N3O2/c1-2-28-13-6-3-11(4-7-13)16-10-17(26-25-16)18(27)24-15-8-5-12(20)9-14(15)19(21,22)23/h3-10H,2H2,1H3,(H,24,27)(H,25,26). The number of rotatable bonds is 5. The van der Waals surface area contributed by atoms with E-state index in [0.717, 1.165) is 17.7 Å². The number of anilines is 1. The largest absolute Gasteiger partial charge is 0.494 e. The first-order valence-electron chi connectivity index (χ1n) is 8.24. The van der Waals surface area contributed by atoms with Crippen LogP contribution >= 0.6 is 11.6 Å². The van der Waals surface area contributed by atoms with Gasteiger partial charge in [-0.1, -0.05) is 11.6 Å². The summed E-state index contributed by atoms with van der Waals surface area (Å²) in [6.45, 7) is 2.41. The Labute approximate surface area is 163 Å². The van der Waals surface area contributed by atoms with Gasteiger partial charge in [0.15, 0.2) is 0 Å². The number of nitrogens with zero attached hydrogens (tertiary/aromatic N) is 1. The van der Waals surface area contributed by atoms with Crippen molar-refractivity contribution in [2.24, 2.45) is 0 Å². The smallest absolute Gasteiger partial charge is 0.418 e. The number of ether oxygens (including phenoxy) is 1. The van der Waals surface area contributed by atoms with Crippen molar-refractivity contribution < 1.29 is 22.7 Å². The Morgan fingerprint density at radius 1 is 1.18 bits per heavy atom. The van der Waals surface area contributed by atoms with Gasteiger partial charge < -0.3 is 10.1 Å². The average Bonchev–Trinajstić information content (AvgIpc) is 3.13. The minimum Gasteiger partial charge on any atom is -0.494 e. The summed E-state index contributed by atoms with van der Waals surface area (Å²) in [6, 6.07) is 11.6. The lowest BCUT2D eigenvalue weighted by atomic mass is 10.1. The number of carbonyl (C=O) groups excluding carboxylic acids is 1. The average molecular weight is 410 g/mol. The van der Waals surface area contributed by atoms with Gasteiger partial charge in [0, 0.05) is 10.6 Å². The number of carbonyl (C=O) groups is 1. The van der Waals surface area contributed by atoms with E-state index in [1.165, 1.54) is 12.1 Å². The fourth-order valence-corrected chi connectivity index (χ4v) is 2.70. The predicted molar refractivity (Wildman–Crippen MR) is 99.6 cm³/mol. The zero-order valence-corrected chi connectivity index (χ0v) is 15.4. The van der Waals surface area contributed by atoms with Gasteiger partial charge >= 0.3 is 6.18 Å². The Hall–Kier alpha value is -3.00. The van der Waals surface area contributed by atoms with E-state index in [0.29, 0.717) is 18.1 Å². The molecule has 1 amide bonds. The monoisotopic (exact) mass is 409 g/mol. The maximum Gasteiger partial charge on any atom is 0.418 e. The lowest BCUT2D eigenvalue weighted by Gasteiger charge is -2.13. The molecular weight excluding hydrogens is 395 g/mol. The summed E-state index contributed by atoms with van der Waals surface area (Å²) in [5, 5.41) is 8.74. The first-order chi connectivity index (χ1) is 13.3. The number of aromatic nitrogens is 2. The van der Waals surface area contributed by atoms with Gasteiger partial charge in [0.1, 0.15) is 11.4 Å². The molecule has 146 valence electrons. The normalized spacial score (nSPS) is 11.3. The van der Waals surface area contributed by atoms with Gasteiger partial charge in [0.25, 0.3) is 5.91 Å². The summed E-state index contributed by atoms with van der Waals surface area (Å²) in [4.78, 5) is 12.4. The molecule has 5 nitrogen and oxygen atoms in total. The van der Waals surface area contributed by atoms with E-state index >= 15 is 0 Å². The maximum absolute atomic E-state index is 13.2. The van der Waals surface area contributed by atoms with Crippen LogP contribution in [-0.4, -0.2) is 22.7 Å². The van der Waals surface area contributed by atoms with E-state index in [4.69, 9.17) is 16.3 Å². The van der Waals surface area contributed by atoms with Crippen LogP contribution in [-0.2, 0) is 6.18 Å². The Morgan fingerprint density at radius 2 is 1.89 bits per heavy atom. The lowest BCUT2D eigenvalue weighted by Crippen LogP contribution is -2.17. The molecule has 0 saturated heterocycles. The van der Waals surface area contributed by atoms with Gasteiger partial charge in [-0.15, -0.1) is 0 Å². The van der Waals surface area contributed by atoms with Crippen LogP contribution in [0.2, 0.25) is 5.02 Å². The van der Waals surface area contributed by atoms with Crippen LogP contribution in [0.25, 0.3) is 11.3 Å². The maximum atomic E-state index is 13.2. The number of aromatic amines is 1. The highest BCUT2D eigenvalue weighted by Crippen LogP contribution is 2.36. The van der Waals surface area contributed by atoms with Crippen molar-refractivity contribution in [3.63, 3.8) is 0 Å². The number of alkyl halides is 3. The van der Waals surface area contributed by atoms with Crippen molar-refractivity contribution in [1.29, 1.82) is 0 Å². The highest BCUT2D eigenvalue weighted by Gasteiger charge is 2.34. The highest BCUT2D eigenvalue weighted by molar-refractivity contribution is 6.30. The molecule has 0 bridgehead atoms. The highest BCUT2D eigenvalue weighted by atomic mass is 35.5. The summed E-state index contributed by atoms with van der Waals surface area (Å²) in [5.74, 6) is -0.0559. The van der Waals surface area contributed by atoms with E-state index in [1.54, 1.807) is 24.3 Å². The van der Waals surface area contributed by atoms with E-state index in [1.807, 2.05) is 6.92 Å². The molecule has 0 radical (unpaired) electrons. The second-order valence-corrected chi connectivity index (χ2v) is 6.20. The third-order valence-corrected chi connectivity index (χ3v) is 4.05. The molecule has 2 N–H and O–H groups in total. The molecule has 3 aromatic rings. The molecule has 0 aliphatic carbocycles. The van der Waals surface area contributed by atoms with Gasteiger partial charge in [-0.05, 0) is 55.5 Å². The number of halogens is 4. The number of amides is 1. The fraction of sp³-hybridized carbons (Fsp3) is 0.158. The Kier molecular flexibility index (Phi) is 5.60.